The molecule has 3 aromatic heterocycles. The number of pyridine rings is 2. The topological polar surface area (TPSA) is 115 Å². The molecule has 0 radical (unpaired) electrons. The number of aromatic nitrogens is 5. The number of nitrogens with one attached hydrogen (secondary N) is 1. The average Bonchev–Trinajstić information content (AvgIpc) is 3.41. The first-order chi connectivity index (χ1) is 16.7. The fourth-order valence-electron chi connectivity index (χ4n) is 3.48. The first-order valence-corrected chi connectivity index (χ1v) is 11.8. The molecule has 178 valence electrons. The molecule has 4 heterocycles. The number of rotatable bonds is 10. The van der Waals surface area contributed by atoms with E-state index in [0.29, 0.717) is 33.8 Å². The summed E-state index contributed by atoms with van der Waals surface area (Å²) >= 11 is 0.925. The van der Waals surface area contributed by atoms with E-state index >= 15 is 0 Å². The molecule has 1 aliphatic rings. The Hall–Kier alpha value is -3.19. The van der Waals surface area contributed by atoms with Crippen molar-refractivity contribution < 1.29 is 9.32 Å². The van der Waals surface area contributed by atoms with Gasteiger partial charge in [-0.05, 0) is 44.0 Å². The molecule has 0 saturated heterocycles. The maximum atomic E-state index is 5.11. The van der Waals surface area contributed by atoms with Gasteiger partial charge in [-0.3, -0.25) is 4.98 Å². The number of aryl methyl sites for hydroxylation is 1. The summed E-state index contributed by atoms with van der Waals surface area (Å²) in [6.07, 6.45) is 3.82. The lowest BCUT2D eigenvalue weighted by atomic mass is 10.2. The van der Waals surface area contributed by atoms with E-state index in [1.54, 1.807) is 17.9 Å². The maximum absolute atomic E-state index is 5.11. The fourth-order valence-corrected chi connectivity index (χ4v) is 3.98. The van der Waals surface area contributed by atoms with Gasteiger partial charge in [-0.25, -0.2) is 9.98 Å². The van der Waals surface area contributed by atoms with Gasteiger partial charge in [-0.1, -0.05) is 19.9 Å². The minimum atomic E-state index is 0.472. The standard InChI is InChI=1S/C22H27N9O2S/c1-5-13-30(14-6-2)18-11-10-16(15(3)25-18)26-19-21-28-27-20(17-9-7-8-12-24-17)31(21)29-22(19)34-33-32-23-4/h7-12,23H,5-6,13-14H2,1-4H3. The fraction of sp³-hybridized carbons (Fsp3) is 0.364. The van der Waals surface area contributed by atoms with E-state index < -0.39 is 0 Å². The molecule has 0 amide bonds. The van der Waals surface area contributed by atoms with Crippen molar-refractivity contribution in [3.05, 3.63) is 48.0 Å². The first-order valence-electron chi connectivity index (χ1n) is 11.1. The van der Waals surface area contributed by atoms with Crippen molar-refractivity contribution in [3.8, 4) is 11.5 Å². The minimum Gasteiger partial charge on any atom is -0.357 e. The second-order valence-electron chi connectivity index (χ2n) is 7.44. The van der Waals surface area contributed by atoms with Gasteiger partial charge in [-0.2, -0.15) is 15.3 Å². The highest BCUT2D eigenvalue weighted by Gasteiger charge is 2.31. The van der Waals surface area contributed by atoms with Crippen LogP contribution >= 0.6 is 12.0 Å². The molecule has 0 spiro atoms. The number of hydroxylamine groups is 1. The lowest BCUT2D eigenvalue weighted by Gasteiger charge is -2.23. The van der Waals surface area contributed by atoms with Crippen LogP contribution in [0.3, 0.4) is 0 Å². The highest BCUT2D eigenvalue weighted by atomic mass is 32.2. The van der Waals surface area contributed by atoms with Crippen LogP contribution in [0.25, 0.3) is 11.5 Å². The van der Waals surface area contributed by atoms with Gasteiger partial charge in [0.05, 0.1) is 23.4 Å². The van der Waals surface area contributed by atoms with Crippen LogP contribution in [0, 0.1) is 6.92 Å². The van der Waals surface area contributed by atoms with Gasteiger partial charge in [0.2, 0.25) is 11.6 Å². The van der Waals surface area contributed by atoms with E-state index in [1.807, 2.05) is 37.3 Å². The van der Waals surface area contributed by atoms with Crippen LogP contribution < -0.4 is 10.4 Å². The summed E-state index contributed by atoms with van der Waals surface area (Å²) < 4.78 is 6.71. The molecule has 0 bridgehead atoms. The summed E-state index contributed by atoms with van der Waals surface area (Å²) in [6.45, 7) is 8.21. The largest absolute Gasteiger partial charge is 0.357 e. The third-order valence-corrected chi connectivity index (χ3v) is 5.53. The lowest BCUT2D eigenvalue weighted by Crippen LogP contribution is -2.25. The summed E-state index contributed by atoms with van der Waals surface area (Å²) in [5, 5.41) is 13.7. The van der Waals surface area contributed by atoms with Gasteiger partial charge >= 0.3 is 0 Å². The van der Waals surface area contributed by atoms with Crippen molar-refractivity contribution in [1.29, 1.82) is 0 Å². The predicted molar refractivity (Wildman–Crippen MR) is 133 cm³/mol. The zero-order valence-corrected chi connectivity index (χ0v) is 20.4. The number of anilines is 1. The van der Waals surface area contributed by atoms with Crippen LogP contribution in [0.4, 0.5) is 11.5 Å². The van der Waals surface area contributed by atoms with Crippen molar-refractivity contribution in [3.63, 3.8) is 0 Å². The zero-order chi connectivity index (χ0) is 23.9. The zero-order valence-electron chi connectivity index (χ0n) is 19.6. The van der Waals surface area contributed by atoms with Crippen LogP contribution in [0.2, 0.25) is 0 Å². The SMILES string of the molecule is CCCN(CCC)c1ccc(N=C2C(SOONC)=Nn3c2nnc3-c2ccccn2)c(C)n1. The molecule has 1 N–H and O–H groups in total. The molecule has 4 rings (SSSR count). The Kier molecular flexibility index (Phi) is 7.95. The minimum absolute atomic E-state index is 0.472. The van der Waals surface area contributed by atoms with E-state index in [1.165, 1.54) is 0 Å². The van der Waals surface area contributed by atoms with Crippen molar-refractivity contribution in [2.45, 2.75) is 33.6 Å². The first kappa shape index (κ1) is 24.0. The van der Waals surface area contributed by atoms with E-state index in [4.69, 9.17) is 19.3 Å². The van der Waals surface area contributed by atoms with Crippen LogP contribution in [0.5, 0.6) is 0 Å². The van der Waals surface area contributed by atoms with E-state index in [-0.39, 0.29) is 0 Å². The molecule has 34 heavy (non-hydrogen) atoms. The second-order valence-corrected chi connectivity index (χ2v) is 8.13. The number of nitrogens with zero attached hydrogens (tertiary/aromatic N) is 8. The molecule has 0 aliphatic carbocycles. The molecule has 0 saturated carbocycles. The van der Waals surface area contributed by atoms with Crippen LogP contribution in [0.15, 0.2) is 46.6 Å². The van der Waals surface area contributed by atoms with Crippen molar-refractivity contribution in [1.82, 2.24) is 30.3 Å². The van der Waals surface area contributed by atoms with Gasteiger partial charge in [-0.15, -0.1) is 19.5 Å². The third kappa shape index (κ3) is 5.14. The number of aliphatic imine (C=N–C) groups is 1. The highest BCUT2D eigenvalue weighted by molar-refractivity contribution is 8.11. The van der Waals surface area contributed by atoms with Crippen molar-refractivity contribution >= 4 is 34.3 Å². The van der Waals surface area contributed by atoms with E-state index in [2.05, 4.69) is 44.5 Å². The van der Waals surface area contributed by atoms with Gasteiger partial charge in [0.1, 0.15) is 17.2 Å². The number of hydrogen-bond donors (Lipinski definition) is 1. The Morgan fingerprint density at radius 2 is 1.88 bits per heavy atom. The summed E-state index contributed by atoms with van der Waals surface area (Å²) in [5.41, 5.74) is 5.14. The number of fused-ring (bicyclic) bond motifs is 1. The Balaban J connectivity index is 1.70. The molecule has 0 aromatic carbocycles. The molecule has 1 aliphatic heterocycles. The monoisotopic (exact) mass is 481 g/mol. The normalized spacial score (nSPS) is 13.9. The van der Waals surface area contributed by atoms with Crippen molar-refractivity contribution in [2.24, 2.45) is 10.1 Å². The van der Waals surface area contributed by atoms with Gasteiger partial charge in [0.15, 0.2) is 5.04 Å². The van der Waals surface area contributed by atoms with Crippen LogP contribution in [0.1, 0.15) is 38.2 Å². The smallest absolute Gasteiger partial charge is 0.206 e. The maximum Gasteiger partial charge on any atom is 0.206 e. The van der Waals surface area contributed by atoms with Crippen molar-refractivity contribution in [2.75, 3.05) is 25.0 Å². The van der Waals surface area contributed by atoms with E-state index in [9.17, 15) is 0 Å². The van der Waals surface area contributed by atoms with Gasteiger partial charge in [0.25, 0.3) is 0 Å². The third-order valence-electron chi connectivity index (χ3n) is 4.96. The van der Waals surface area contributed by atoms with Crippen LogP contribution in [-0.4, -0.2) is 55.7 Å². The molecule has 3 aromatic rings. The Labute approximate surface area is 202 Å². The Bertz CT molecular complexity index is 1170. The summed E-state index contributed by atoms with van der Waals surface area (Å²) in [5.74, 6) is 1.94. The quantitative estimate of drug-likeness (QED) is 0.200. The Morgan fingerprint density at radius 1 is 1.09 bits per heavy atom. The molecule has 12 heteroatoms. The molecule has 0 fully saturated rings. The van der Waals surface area contributed by atoms with Gasteiger partial charge in [0, 0.05) is 26.3 Å². The van der Waals surface area contributed by atoms with E-state index in [0.717, 1.165) is 49.5 Å². The molecular weight excluding hydrogens is 454 g/mol. The summed E-state index contributed by atoms with van der Waals surface area (Å²) in [7, 11) is 1.59. The summed E-state index contributed by atoms with van der Waals surface area (Å²) in [6, 6.07) is 9.54. The lowest BCUT2D eigenvalue weighted by molar-refractivity contribution is -0.236. The van der Waals surface area contributed by atoms with Crippen LogP contribution in [-0.2, 0) is 9.32 Å². The molecule has 11 nitrogen and oxygen atoms in total. The summed E-state index contributed by atoms with van der Waals surface area (Å²) in [4.78, 5) is 21.1. The average molecular weight is 482 g/mol. The second kappa shape index (κ2) is 11.3. The number of hydrogen-bond acceptors (Lipinski definition) is 11. The highest BCUT2D eigenvalue weighted by Crippen LogP contribution is 2.28. The Morgan fingerprint density at radius 3 is 2.56 bits per heavy atom. The van der Waals surface area contributed by atoms with Gasteiger partial charge < -0.3 is 4.90 Å². The molecule has 0 unspecified atom stereocenters. The molecular formula is C22H27N9O2S. The molecule has 0 atom stereocenters. The predicted octanol–water partition coefficient (Wildman–Crippen LogP) is 3.70.